The van der Waals surface area contributed by atoms with Crippen LogP contribution in [0, 0.1) is 20.8 Å². The molecule has 5 nitrogen and oxygen atoms in total. The van der Waals surface area contributed by atoms with Gasteiger partial charge in [0.15, 0.2) is 5.82 Å². The molecule has 0 N–H and O–H groups in total. The molecule has 0 aliphatic heterocycles. The number of aryl methyl sites for hydroxylation is 3. The van der Waals surface area contributed by atoms with Crippen molar-refractivity contribution in [3.63, 3.8) is 0 Å². The van der Waals surface area contributed by atoms with E-state index in [1.54, 1.807) is 0 Å². The number of imidazole rings is 1. The maximum atomic E-state index is 4.62. The van der Waals surface area contributed by atoms with Gasteiger partial charge >= 0.3 is 0 Å². The Hall–Kier alpha value is -2.43. The molecule has 0 spiro atoms. The molecular weight excluding hydrogens is 262 g/mol. The van der Waals surface area contributed by atoms with Crippen LogP contribution in [-0.2, 0) is 0 Å². The number of benzene rings is 1. The Morgan fingerprint density at radius 2 is 1.95 bits per heavy atom. The average molecular weight is 281 g/mol. The first kappa shape index (κ1) is 13.5. The van der Waals surface area contributed by atoms with Crippen molar-refractivity contribution in [1.29, 1.82) is 0 Å². The largest absolute Gasteiger partial charge is 0.325 e. The minimum absolute atomic E-state index is 0.0780. The molecular formula is C16H19N5. The summed E-state index contributed by atoms with van der Waals surface area (Å²) in [6.45, 7) is 8.11. The fraction of sp³-hybridized carbons (Fsp3) is 0.312. The van der Waals surface area contributed by atoms with Crippen LogP contribution < -0.4 is 0 Å². The summed E-state index contributed by atoms with van der Waals surface area (Å²) in [6.07, 6.45) is 3.79. The van der Waals surface area contributed by atoms with Crippen LogP contribution in [0.25, 0.3) is 5.69 Å². The van der Waals surface area contributed by atoms with Crippen LogP contribution in [0.2, 0.25) is 0 Å². The normalized spacial score (nSPS) is 12.6. The molecule has 0 radical (unpaired) electrons. The lowest BCUT2D eigenvalue weighted by Gasteiger charge is -2.15. The molecule has 0 fully saturated rings. The smallest absolute Gasteiger partial charge is 0.155 e. The second-order valence-electron chi connectivity index (χ2n) is 5.33. The van der Waals surface area contributed by atoms with Gasteiger partial charge < -0.3 is 4.57 Å². The lowest BCUT2D eigenvalue weighted by atomic mass is 10.2. The quantitative estimate of drug-likeness (QED) is 0.741. The standard InChI is InChI=1S/C16H19N5/c1-11-6-5-7-15(10-11)21-16(18-13(3)19-21)12(2)20-9-8-17-14(20)4/h5-10,12H,1-4H3. The fourth-order valence-electron chi connectivity index (χ4n) is 2.57. The fourth-order valence-corrected chi connectivity index (χ4v) is 2.57. The zero-order chi connectivity index (χ0) is 15.0. The van der Waals surface area contributed by atoms with E-state index in [9.17, 15) is 0 Å². The lowest BCUT2D eigenvalue weighted by Crippen LogP contribution is -2.14. The SMILES string of the molecule is Cc1cccc(-n2nc(C)nc2C(C)n2ccnc2C)c1. The minimum atomic E-state index is 0.0780. The second-order valence-corrected chi connectivity index (χ2v) is 5.33. The summed E-state index contributed by atoms with van der Waals surface area (Å²) < 4.78 is 4.03. The van der Waals surface area contributed by atoms with Crippen molar-refractivity contribution in [3.05, 3.63) is 59.7 Å². The number of hydrogen-bond acceptors (Lipinski definition) is 3. The van der Waals surface area contributed by atoms with Crippen molar-refractivity contribution < 1.29 is 0 Å². The Labute approximate surface area is 124 Å². The summed E-state index contributed by atoms with van der Waals surface area (Å²) in [6, 6.07) is 8.37. The van der Waals surface area contributed by atoms with Gasteiger partial charge in [0.2, 0.25) is 0 Å². The van der Waals surface area contributed by atoms with Crippen LogP contribution in [0.4, 0.5) is 0 Å². The Balaban J connectivity index is 2.10. The van der Waals surface area contributed by atoms with E-state index in [4.69, 9.17) is 0 Å². The van der Waals surface area contributed by atoms with Crippen molar-refractivity contribution in [1.82, 2.24) is 24.3 Å². The zero-order valence-corrected chi connectivity index (χ0v) is 12.8. The van der Waals surface area contributed by atoms with Crippen LogP contribution >= 0.6 is 0 Å². The molecule has 1 aromatic carbocycles. The summed E-state index contributed by atoms with van der Waals surface area (Å²) in [5.74, 6) is 2.66. The van der Waals surface area contributed by atoms with Gasteiger partial charge in [-0.3, -0.25) is 0 Å². The summed E-state index contributed by atoms with van der Waals surface area (Å²) in [5, 5.41) is 4.55. The highest BCUT2D eigenvalue weighted by atomic mass is 15.4. The predicted molar refractivity (Wildman–Crippen MR) is 81.6 cm³/mol. The third-order valence-electron chi connectivity index (χ3n) is 3.64. The molecule has 0 aliphatic rings. The Morgan fingerprint density at radius 1 is 1.14 bits per heavy atom. The molecule has 3 rings (SSSR count). The van der Waals surface area contributed by atoms with Gasteiger partial charge in [-0.25, -0.2) is 14.6 Å². The number of aromatic nitrogens is 5. The molecule has 3 aromatic rings. The first-order valence-electron chi connectivity index (χ1n) is 7.06. The average Bonchev–Trinajstić information content (AvgIpc) is 3.04. The number of hydrogen-bond donors (Lipinski definition) is 0. The summed E-state index contributed by atoms with van der Waals surface area (Å²) in [5.41, 5.74) is 2.24. The van der Waals surface area contributed by atoms with Crippen molar-refractivity contribution >= 4 is 0 Å². The topological polar surface area (TPSA) is 48.5 Å². The highest BCUT2D eigenvalue weighted by molar-refractivity contribution is 5.35. The molecule has 0 saturated carbocycles. The molecule has 2 heterocycles. The first-order valence-corrected chi connectivity index (χ1v) is 7.06. The highest BCUT2D eigenvalue weighted by Gasteiger charge is 2.18. The summed E-state index contributed by atoms with van der Waals surface area (Å²) >= 11 is 0. The zero-order valence-electron chi connectivity index (χ0n) is 12.8. The lowest BCUT2D eigenvalue weighted by molar-refractivity contribution is 0.565. The van der Waals surface area contributed by atoms with Crippen LogP contribution in [0.15, 0.2) is 36.7 Å². The van der Waals surface area contributed by atoms with Gasteiger partial charge in [-0.05, 0) is 45.4 Å². The molecule has 1 unspecified atom stereocenters. The van der Waals surface area contributed by atoms with Gasteiger partial charge in [-0.2, -0.15) is 5.10 Å². The van der Waals surface area contributed by atoms with E-state index in [2.05, 4.69) is 51.7 Å². The number of rotatable bonds is 3. The van der Waals surface area contributed by atoms with Gasteiger partial charge in [0, 0.05) is 12.4 Å². The van der Waals surface area contributed by atoms with Crippen LogP contribution in [-0.4, -0.2) is 24.3 Å². The van der Waals surface area contributed by atoms with Crippen molar-refractivity contribution in [2.75, 3.05) is 0 Å². The number of nitrogens with zero attached hydrogens (tertiary/aromatic N) is 5. The van der Waals surface area contributed by atoms with Gasteiger partial charge in [-0.15, -0.1) is 0 Å². The highest BCUT2D eigenvalue weighted by Crippen LogP contribution is 2.21. The monoisotopic (exact) mass is 281 g/mol. The Morgan fingerprint density at radius 3 is 2.62 bits per heavy atom. The predicted octanol–water partition coefficient (Wildman–Crippen LogP) is 3.00. The van der Waals surface area contributed by atoms with Gasteiger partial charge in [0.05, 0.1) is 11.7 Å². The van der Waals surface area contributed by atoms with E-state index in [1.807, 2.05) is 37.0 Å². The van der Waals surface area contributed by atoms with E-state index in [0.717, 1.165) is 23.2 Å². The van der Waals surface area contributed by atoms with E-state index < -0.39 is 0 Å². The van der Waals surface area contributed by atoms with Crippen LogP contribution in [0.1, 0.15) is 36.0 Å². The molecule has 0 saturated heterocycles. The minimum Gasteiger partial charge on any atom is -0.325 e. The maximum absolute atomic E-state index is 4.62. The van der Waals surface area contributed by atoms with E-state index >= 15 is 0 Å². The van der Waals surface area contributed by atoms with Gasteiger partial charge in [-0.1, -0.05) is 12.1 Å². The van der Waals surface area contributed by atoms with E-state index in [0.29, 0.717) is 0 Å². The van der Waals surface area contributed by atoms with Gasteiger partial charge in [0.25, 0.3) is 0 Å². The third kappa shape index (κ3) is 2.46. The molecule has 0 amide bonds. The van der Waals surface area contributed by atoms with E-state index in [-0.39, 0.29) is 6.04 Å². The van der Waals surface area contributed by atoms with E-state index in [1.165, 1.54) is 5.56 Å². The van der Waals surface area contributed by atoms with Crippen molar-refractivity contribution in [3.8, 4) is 5.69 Å². The summed E-state index contributed by atoms with van der Waals surface area (Å²) in [4.78, 5) is 8.91. The Bertz CT molecular complexity index is 769. The molecule has 0 bridgehead atoms. The molecule has 0 aliphatic carbocycles. The molecule has 21 heavy (non-hydrogen) atoms. The van der Waals surface area contributed by atoms with Crippen LogP contribution in [0.5, 0.6) is 0 Å². The second kappa shape index (κ2) is 5.16. The van der Waals surface area contributed by atoms with Crippen LogP contribution in [0.3, 0.4) is 0 Å². The summed E-state index contributed by atoms with van der Waals surface area (Å²) in [7, 11) is 0. The molecule has 5 heteroatoms. The molecule has 108 valence electrons. The third-order valence-corrected chi connectivity index (χ3v) is 3.64. The first-order chi connectivity index (χ1) is 10.1. The van der Waals surface area contributed by atoms with Crippen molar-refractivity contribution in [2.24, 2.45) is 0 Å². The maximum Gasteiger partial charge on any atom is 0.155 e. The Kier molecular flexibility index (Phi) is 3.33. The van der Waals surface area contributed by atoms with Gasteiger partial charge in [0.1, 0.15) is 11.6 Å². The van der Waals surface area contributed by atoms with Crippen molar-refractivity contribution in [2.45, 2.75) is 33.7 Å². The molecule has 1 atom stereocenters. The molecule has 2 aromatic heterocycles.